The molecule has 10 heteroatoms. The van der Waals surface area contributed by atoms with Crippen LogP contribution < -0.4 is 14.8 Å². The molecule has 0 fully saturated rings. The Labute approximate surface area is 219 Å². The second kappa shape index (κ2) is 13.4. The van der Waals surface area contributed by atoms with Crippen molar-refractivity contribution >= 4 is 24.1 Å². The lowest BCUT2D eigenvalue weighted by molar-refractivity contribution is -0.167. The Morgan fingerprint density at radius 2 is 1.46 bits per heavy atom. The van der Waals surface area contributed by atoms with Crippen molar-refractivity contribution in [2.24, 2.45) is 17.3 Å². The SMILES string of the molecule is CCC(C)N[C@@](Cc1ccc(OC(=O)C(C)C)c(OC(=O)C(C)C)c1)(OC(=O)OCC(C)(C)C)C(=O)O. The van der Waals surface area contributed by atoms with Crippen molar-refractivity contribution in [1.82, 2.24) is 5.32 Å². The molecule has 1 rings (SSSR count). The number of aliphatic carboxylic acids is 1. The predicted molar refractivity (Wildman–Crippen MR) is 136 cm³/mol. The standard InChI is InChI=1S/C27H41NO9/c1-10-18(6)28-27(24(31)32,37-25(33)34-15-26(7,8)9)14-19-11-12-20(35-22(29)16(2)3)21(13-19)36-23(30)17(4)5/h11-13,16-18,28H,10,14-15H2,1-9H3,(H,31,32)/t18?,27-/m0/s1. The molecule has 0 aliphatic carbocycles. The van der Waals surface area contributed by atoms with Crippen molar-refractivity contribution in [1.29, 1.82) is 0 Å². The van der Waals surface area contributed by atoms with Gasteiger partial charge in [0.15, 0.2) is 11.5 Å². The molecule has 0 radical (unpaired) electrons. The van der Waals surface area contributed by atoms with E-state index in [1.165, 1.54) is 18.2 Å². The van der Waals surface area contributed by atoms with Gasteiger partial charge in [-0.05, 0) is 36.5 Å². The van der Waals surface area contributed by atoms with Crippen LogP contribution in [0.25, 0.3) is 0 Å². The number of esters is 2. The maximum Gasteiger partial charge on any atom is 0.510 e. The number of benzene rings is 1. The number of nitrogens with one attached hydrogen (secondary N) is 1. The van der Waals surface area contributed by atoms with E-state index in [9.17, 15) is 24.3 Å². The predicted octanol–water partition coefficient (Wildman–Crippen LogP) is 4.72. The fourth-order valence-corrected chi connectivity index (χ4v) is 2.81. The fraction of sp³-hybridized carbons (Fsp3) is 0.630. The van der Waals surface area contributed by atoms with E-state index in [-0.39, 0.29) is 36.0 Å². The summed E-state index contributed by atoms with van der Waals surface area (Å²) in [7, 11) is 0. The maximum atomic E-state index is 12.5. The minimum atomic E-state index is -2.18. The van der Waals surface area contributed by atoms with Crippen LogP contribution in [0.1, 0.15) is 74.3 Å². The van der Waals surface area contributed by atoms with Crippen LogP contribution in [0.3, 0.4) is 0 Å². The zero-order chi connectivity index (χ0) is 28.6. The molecule has 1 aromatic carbocycles. The first-order valence-electron chi connectivity index (χ1n) is 12.4. The summed E-state index contributed by atoms with van der Waals surface area (Å²) in [5.41, 5.74) is -2.19. The molecule has 0 spiro atoms. The average Bonchev–Trinajstić information content (AvgIpc) is 2.78. The Bertz CT molecular complexity index is 965. The molecule has 0 saturated heterocycles. The zero-order valence-electron chi connectivity index (χ0n) is 23.3. The molecule has 0 aromatic heterocycles. The number of rotatable bonds is 12. The topological polar surface area (TPSA) is 137 Å². The van der Waals surface area contributed by atoms with Gasteiger partial charge in [-0.2, -0.15) is 0 Å². The van der Waals surface area contributed by atoms with Crippen LogP contribution in [0, 0.1) is 17.3 Å². The number of hydrogen-bond donors (Lipinski definition) is 2. The second-order valence-electron chi connectivity index (χ2n) is 10.9. The van der Waals surface area contributed by atoms with Crippen molar-refractivity contribution in [3.8, 4) is 11.5 Å². The van der Waals surface area contributed by atoms with E-state index in [0.717, 1.165) is 0 Å². The summed E-state index contributed by atoms with van der Waals surface area (Å²) in [6.07, 6.45) is -0.916. The third-order valence-corrected chi connectivity index (χ3v) is 5.14. The molecule has 1 unspecified atom stereocenters. The second-order valence-corrected chi connectivity index (χ2v) is 10.9. The van der Waals surface area contributed by atoms with E-state index in [1.807, 2.05) is 27.7 Å². The summed E-state index contributed by atoms with van der Waals surface area (Å²) in [5.74, 6) is -3.47. The van der Waals surface area contributed by atoms with E-state index in [1.54, 1.807) is 34.6 Å². The molecule has 0 aliphatic heterocycles. The largest absolute Gasteiger partial charge is 0.510 e. The summed E-state index contributed by atoms with van der Waals surface area (Å²) < 4.78 is 21.4. The van der Waals surface area contributed by atoms with Crippen LogP contribution >= 0.6 is 0 Å². The Morgan fingerprint density at radius 1 is 0.919 bits per heavy atom. The van der Waals surface area contributed by atoms with Crippen LogP contribution in [-0.4, -0.2) is 47.5 Å². The summed E-state index contributed by atoms with van der Waals surface area (Å²) in [5, 5.41) is 13.1. The molecule has 0 bridgehead atoms. The Balaban J connectivity index is 3.45. The monoisotopic (exact) mass is 523 g/mol. The van der Waals surface area contributed by atoms with Gasteiger partial charge in [0.05, 0.1) is 18.4 Å². The van der Waals surface area contributed by atoms with E-state index in [2.05, 4.69) is 5.32 Å². The smallest absolute Gasteiger partial charge is 0.477 e. The molecule has 10 nitrogen and oxygen atoms in total. The molecule has 2 atom stereocenters. The highest BCUT2D eigenvalue weighted by Crippen LogP contribution is 2.32. The van der Waals surface area contributed by atoms with Gasteiger partial charge in [-0.15, -0.1) is 0 Å². The Kier molecular flexibility index (Phi) is 11.6. The molecule has 0 saturated carbocycles. The molecule has 1 aromatic rings. The normalized spacial score (nSPS) is 14.0. The van der Waals surface area contributed by atoms with Crippen LogP contribution in [-0.2, 0) is 30.3 Å². The lowest BCUT2D eigenvalue weighted by Gasteiger charge is -2.33. The van der Waals surface area contributed by atoms with E-state index in [0.29, 0.717) is 12.0 Å². The van der Waals surface area contributed by atoms with Crippen molar-refractivity contribution < 1.29 is 43.2 Å². The van der Waals surface area contributed by atoms with E-state index >= 15 is 0 Å². The lowest BCUT2D eigenvalue weighted by atomic mass is 9.99. The van der Waals surface area contributed by atoms with Crippen LogP contribution in [0.2, 0.25) is 0 Å². The first-order valence-corrected chi connectivity index (χ1v) is 12.4. The van der Waals surface area contributed by atoms with Gasteiger partial charge >= 0.3 is 24.1 Å². The molecule has 37 heavy (non-hydrogen) atoms. The third-order valence-electron chi connectivity index (χ3n) is 5.14. The maximum absolute atomic E-state index is 12.5. The van der Waals surface area contributed by atoms with Crippen molar-refractivity contribution in [2.45, 2.75) is 86.9 Å². The lowest BCUT2D eigenvalue weighted by Crippen LogP contribution is -2.59. The average molecular weight is 524 g/mol. The molecule has 0 amide bonds. The van der Waals surface area contributed by atoms with Gasteiger partial charge < -0.3 is 24.1 Å². The summed E-state index contributed by atoms with van der Waals surface area (Å²) >= 11 is 0. The molecule has 0 aliphatic rings. The van der Waals surface area contributed by atoms with Gasteiger partial charge in [0, 0.05) is 12.5 Å². The Morgan fingerprint density at radius 3 is 1.92 bits per heavy atom. The highest BCUT2D eigenvalue weighted by molar-refractivity contribution is 5.81. The van der Waals surface area contributed by atoms with Crippen LogP contribution in [0.15, 0.2) is 18.2 Å². The highest BCUT2D eigenvalue weighted by Gasteiger charge is 2.45. The van der Waals surface area contributed by atoms with Gasteiger partial charge in [-0.3, -0.25) is 14.9 Å². The Hall–Kier alpha value is -3.14. The van der Waals surface area contributed by atoms with E-state index in [4.69, 9.17) is 18.9 Å². The van der Waals surface area contributed by atoms with Gasteiger partial charge in [-0.1, -0.05) is 61.5 Å². The number of carboxylic acids is 1. The number of hydrogen-bond acceptors (Lipinski definition) is 9. The summed E-state index contributed by atoms with van der Waals surface area (Å²) in [4.78, 5) is 49.5. The van der Waals surface area contributed by atoms with Gasteiger partial charge in [-0.25, -0.2) is 9.59 Å². The van der Waals surface area contributed by atoms with Crippen LogP contribution in [0.4, 0.5) is 4.79 Å². The first-order chi connectivity index (χ1) is 17.0. The number of carbonyl (C=O) groups is 4. The quantitative estimate of drug-likeness (QED) is 0.225. The summed E-state index contributed by atoms with van der Waals surface area (Å²) in [6, 6.07) is 3.97. The fourth-order valence-electron chi connectivity index (χ4n) is 2.81. The van der Waals surface area contributed by atoms with Gasteiger partial charge in [0.25, 0.3) is 5.72 Å². The molecule has 0 heterocycles. The number of carboxylic acid groups (broad SMARTS) is 1. The molecule has 2 N–H and O–H groups in total. The molecular weight excluding hydrogens is 482 g/mol. The first kappa shape index (κ1) is 31.9. The number of ether oxygens (including phenoxy) is 4. The minimum absolute atomic E-state index is 0.0118. The minimum Gasteiger partial charge on any atom is -0.477 e. The third kappa shape index (κ3) is 10.4. The van der Waals surface area contributed by atoms with Crippen molar-refractivity contribution in [3.05, 3.63) is 23.8 Å². The van der Waals surface area contributed by atoms with Crippen molar-refractivity contribution in [3.63, 3.8) is 0 Å². The number of carbonyl (C=O) groups excluding carboxylic acids is 3. The highest BCUT2D eigenvalue weighted by atomic mass is 16.7. The van der Waals surface area contributed by atoms with E-state index < -0.39 is 41.6 Å². The van der Waals surface area contributed by atoms with Crippen LogP contribution in [0.5, 0.6) is 11.5 Å². The zero-order valence-corrected chi connectivity index (χ0v) is 23.3. The van der Waals surface area contributed by atoms with Gasteiger partial charge in [0.2, 0.25) is 0 Å². The van der Waals surface area contributed by atoms with Crippen molar-refractivity contribution in [2.75, 3.05) is 6.61 Å². The van der Waals surface area contributed by atoms with Gasteiger partial charge in [0.1, 0.15) is 0 Å². The molecule has 208 valence electrons. The molecular formula is C27H41NO9. The summed E-state index contributed by atoms with van der Waals surface area (Å²) in [6.45, 7) is 15.8.